The Balaban J connectivity index is 2.01. The predicted molar refractivity (Wildman–Crippen MR) is 98.0 cm³/mol. The van der Waals surface area contributed by atoms with Gasteiger partial charge in [-0.25, -0.2) is 9.78 Å². The Morgan fingerprint density at radius 1 is 1.40 bits per heavy atom. The van der Waals surface area contributed by atoms with E-state index in [9.17, 15) is 14.7 Å². The molecule has 2 heterocycles. The van der Waals surface area contributed by atoms with Gasteiger partial charge in [0, 0.05) is 0 Å². The van der Waals surface area contributed by atoms with Crippen molar-refractivity contribution < 1.29 is 14.6 Å². The highest BCUT2D eigenvalue weighted by atomic mass is 32.1. The molecule has 3 aromatic rings. The van der Waals surface area contributed by atoms with Crippen LogP contribution in [-0.2, 0) is 4.74 Å². The number of H-pyrrole nitrogens is 1. The summed E-state index contributed by atoms with van der Waals surface area (Å²) in [4.78, 5) is 32.3. The molecule has 0 bridgehead atoms. The van der Waals surface area contributed by atoms with Gasteiger partial charge in [0.05, 0.1) is 12.0 Å². The van der Waals surface area contributed by atoms with E-state index in [2.05, 4.69) is 9.97 Å². The number of nitrogens with zero attached hydrogens (tertiary/aromatic N) is 1. The number of nitrogens with one attached hydrogen (secondary N) is 1. The first-order chi connectivity index (χ1) is 12.0. The average Bonchev–Trinajstić information content (AvgIpc) is 2.91. The number of esters is 1. The minimum atomic E-state index is -0.445. The van der Waals surface area contributed by atoms with Gasteiger partial charge in [-0.3, -0.25) is 4.79 Å². The number of hydrogen-bond acceptors (Lipinski definition) is 6. The van der Waals surface area contributed by atoms with Crippen molar-refractivity contribution >= 4 is 39.7 Å². The second-order valence-corrected chi connectivity index (χ2v) is 6.34. The van der Waals surface area contributed by atoms with Crippen molar-refractivity contribution in [1.82, 2.24) is 9.97 Å². The number of phenols is 1. The number of hydrogen-bond donors (Lipinski definition) is 2. The SMILES string of the molecule is CCOC(=O)c1sc2nc(/C=C/c3cccc(O)c3)[nH]c(=O)c2c1C. The number of ether oxygens (including phenoxy) is 1. The fourth-order valence-electron chi connectivity index (χ4n) is 2.43. The van der Waals surface area contributed by atoms with Gasteiger partial charge < -0.3 is 14.8 Å². The standard InChI is InChI=1S/C18H16N2O4S/c1-3-24-18(23)15-10(2)14-16(22)19-13(20-17(14)25-15)8-7-11-5-4-6-12(21)9-11/h4-9,21H,3H2,1-2H3,(H,19,20,22)/b8-7+. The molecule has 3 rings (SSSR count). The van der Waals surface area contributed by atoms with E-state index < -0.39 is 5.97 Å². The van der Waals surface area contributed by atoms with E-state index in [1.807, 2.05) is 6.07 Å². The monoisotopic (exact) mass is 356 g/mol. The molecule has 0 saturated carbocycles. The van der Waals surface area contributed by atoms with E-state index in [-0.39, 0.29) is 17.9 Å². The number of aryl methyl sites for hydroxylation is 1. The van der Waals surface area contributed by atoms with Gasteiger partial charge in [0.15, 0.2) is 0 Å². The maximum Gasteiger partial charge on any atom is 0.348 e. The number of fused-ring (bicyclic) bond motifs is 1. The third-order valence-electron chi connectivity index (χ3n) is 3.58. The normalized spacial score (nSPS) is 11.3. The van der Waals surface area contributed by atoms with E-state index in [1.165, 1.54) is 0 Å². The molecule has 6 nitrogen and oxygen atoms in total. The highest BCUT2D eigenvalue weighted by Crippen LogP contribution is 2.27. The highest BCUT2D eigenvalue weighted by molar-refractivity contribution is 7.20. The van der Waals surface area contributed by atoms with Crippen LogP contribution in [0.1, 0.15) is 33.5 Å². The molecule has 128 valence electrons. The van der Waals surface area contributed by atoms with Crippen LogP contribution in [-0.4, -0.2) is 27.7 Å². The molecule has 0 atom stereocenters. The molecule has 7 heteroatoms. The molecule has 0 aliphatic carbocycles. The van der Waals surface area contributed by atoms with Crippen molar-refractivity contribution in [2.75, 3.05) is 6.61 Å². The molecule has 0 spiro atoms. The van der Waals surface area contributed by atoms with E-state index in [0.29, 0.717) is 26.5 Å². The number of aromatic nitrogens is 2. The van der Waals surface area contributed by atoms with Gasteiger partial charge in [0.1, 0.15) is 21.3 Å². The Morgan fingerprint density at radius 2 is 2.20 bits per heavy atom. The first-order valence-electron chi connectivity index (χ1n) is 7.67. The Kier molecular flexibility index (Phi) is 4.67. The molecular weight excluding hydrogens is 340 g/mol. The zero-order valence-electron chi connectivity index (χ0n) is 13.7. The Bertz CT molecular complexity index is 1030. The lowest BCUT2D eigenvalue weighted by Gasteiger charge is -1.98. The van der Waals surface area contributed by atoms with Crippen molar-refractivity contribution in [1.29, 1.82) is 0 Å². The van der Waals surface area contributed by atoms with Crippen molar-refractivity contribution in [2.24, 2.45) is 0 Å². The van der Waals surface area contributed by atoms with Crippen molar-refractivity contribution in [3.63, 3.8) is 0 Å². The number of aromatic amines is 1. The molecule has 0 amide bonds. The van der Waals surface area contributed by atoms with Crippen LogP contribution in [0, 0.1) is 6.92 Å². The Labute approximate surface area is 147 Å². The summed E-state index contributed by atoms with van der Waals surface area (Å²) in [6.45, 7) is 3.72. The Morgan fingerprint density at radius 3 is 2.92 bits per heavy atom. The van der Waals surface area contributed by atoms with Crippen LogP contribution in [0.3, 0.4) is 0 Å². The van der Waals surface area contributed by atoms with Crippen LogP contribution in [0.25, 0.3) is 22.4 Å². The topological polar surface area (TPSA) is 92.3 Å². The van der Waals surface area contributed by atoms with Gasteiger partial charge >= 0.3 is 5.97 Å². The van der Waals surface area contributed by atoms with E-state index in [1.54, 1.807) is 44.2 Å². The summed E-state index contributed by atoms with van der Waals surface area (Å²) >= 11 is 1.14. The lowest BCUT2D eigenvalue weighted by atomic mass is 10.2. The number of phenolic OH excluding ortho intramolecular Hbond substituents is 1. The van der Waals surface area contributed by atoms with Gasteiger partial charge in [-0.15, -0.1) is 11.3 Å². The summed E-state index contributed by atoms with van der Waals surface area (Å²) in [5, 5.41) is 9.88. The van der Waals surface area contributed by atoms with E-state index >= 15 is 0 Å². The number of carbonyl (C=O) groups excluding carboxylic acids is 1. The smallest absolute Gasteiger partial charge is 0.348 e. The summed E-state index contributed by atoms with van der Waals surface area (Å²) in [5.74, 6) is 0.0868. The van der Waals surface area contributed by atoms with E-state index in [4.69, 9.17) is 4.74 Å². The summed E-state index contributed by atoms with van der Waals surface area (Å²) in [6.07, 6.45) is 3.38. The maximum absolute atomic E-state index is 12.4. The Hall–Kier alpha value is -2.93. The lowest BCUT2D eigenvalue weighted by Crippen LogP contribution is -2.10. The zero-order valence-corrected chi connectivity index (χ0v) is 14.5. The summed E-state index contributed by atoms with van der Waals surface area (Å²) < 4.78 is 5.02. The third-order valence-corrected chi connectivity index (χ3v) is 4.75. The number of thiophene rings is 1. The van der Waals surface area contributed by atoms with Crippen molar-refractivity contribution in [3.05, 3.63) is 56.4 Å². The number of rotatable bonds is 4. The highest BCUT2D eigenvalue weighted by Gasteiger charge is 2.19. The second-order valence-electron chi connectivity index (χ2n) is 5.34. The van der Waals surface area contributed by atoms with Crippen LogP contribution < -0.4 is 5.56 Å². The molecule has 0 aliphatic heterocycles. The van der Waals surface area contributed by atoms with Gasteiger partial charge in [-0.1, -0.05) is 18.2 Å². The maximum atomic E-state index is 12.4. The van der Waals surface area contributed by atoms with Crippen LogP contribution in [0.5, 0.6) is 5.75 Å². The number of aromatic hydroxyl groups is 1. The van der Waals surface area contributed by atoms with Gasteiger partial charge in [0.25, 0.3) is 5.56 Å². The van der Waals surface area contributed by atoms with Crippen LogP contribution in [0.4, 0.5) is 0 Å². The summed E-state index contributed by atoms with van der Waals surface area (Å²) in [6, 6.07) is 6.72. The van der Waals surface area contributed by atoms with Gasteiger partial charge in [0.2, 0.25) is 0 Å². The van der Waals surface area contributed by atoms with Crippen molar-refractivity contribution in [3.8, 4) is 5.75 Å². The molecule has 0 fully saturated rings. The molecule has 2 aromatic heterocycles. The second kappa shape index (κ2) is 6.90. The molecule has 0 saturated heterocycles. The average molecular weight is 356 g/mol. The summed E-state index contributed by atoms with van der Waals surface area (Å²) in [7, 11) is 0. The lowest BCUT2D eigenvalue weighted by molar-refractivity contribution is 0.0531. The number of benzene rings is 1. The van der Waals surface area contributed by atoms with E-state index in [0.717, 1.165) is 16.9 Å². The first kappa shape index (κ1) is 16.9. The molecule has 1 aromatic carbocycles. The molecule has 0 unspecified atom stereocenters. The zero-order chi connectivity index (χ0) is 18.0. The van der Waals surface area contributed by atoms with Crippen LogP contribution >= 0.6 is 11.3 Å². The van der Waals surface area contributed by atoms with Gasteiger partial charge in [-0.05, 0) is 43.2 Å². The molecule has 25 heavy (non-hydrogen) atoms. The third kappa shape index (κ3) is 3.46. The minimum Gasteiger partial charge on any atom is -0.508 e. The predicted octanol–water partition coefficient (Wildman–Crippen LogP) is 3.35. The quantitative estimate of drug-likeness (QED) is 0.700. The fourth-order valence-corrected chi connectivity index (χ4v) is 3.52. The molecular formula is C18H16N2O4S. The van der Waals surface area contributed by atoms with Crippen LogP contribution in [0.15, 0.2) is 29.1 Å². The van der Waals surface area contributed by atoms with Crippen LogP contribution in [0.2, 0.25) is 0 Å². The van der Waals surface area contributed by atoms with Crippen molar-refractivity contribution in [2.45, 2.75) is 13.8 Å². The molecule has 2 N–H and O–H groups in total. The first-order valence-corrected chi connectivity index (χ1v) is 8.49. The summed E-state index contributed by atoms with van der Waals surface area (Å²) in [5.41, 5.74) is 1.05. The molecule has 0 aliphatic rings. The van der Waals surface area contributed by atoms with Gasteiger partial charge in [-0.2, -0.15) is 0 Å². The largest absolute Gasteiger partial charge is 0.508 e. The molecule has 0 radical (unpaired) electrons. The minimum absolute atomic E-state index is 0.159. The fraction of sp³-hybridized carbons (Fsp3) is 0.167. The number of carbonyl (C=O) groups is 1.